The molecule has 0 saturated heterocycles. The molecule has 0 radical (unpaired) electrons. The molecule has 1 N–H and O–H groups in total. The zero-order chi connectivity index (χ0) is 10.2. The van der Waals surface area contributed by atoms with Crippen molar-refractivity contribution in [3.8, 4) is 0 Å². The van der Waals surface area contributed by atoms with Crippen molar-refractivity contribution in [2.24, 2.45) is 0 Å². The van der Waals surface area contributed by atoms with Crippen LogP contribution in [-0.2, 0) is 0 Å². The zero-order valence-corrected chi connectivity index (χ0v) is 5.30. The molecule has 3 nitrogen and oxygen atoms in total. The minimum absolute atomic E-state index is 0.151. The molecule has 0 bridgehead atoms. The van der Waals surface area contributed by atoms with E-state index < -0.39 is 23.7 Å². The molecule has 0 aliphatic rings. The van der Waals surface area contributed by atoms with Crippen molar-refractivity contribution < 1.29 is 14.0 Å². The molecule has 0 aliphatic carbocycles. The monoisotopic (exact) mass is 140 g/mol. The first-order valence-corrected chi connectivity index (χ1v) is 2.62. The van der Waals surface area contributed by atoms with E-state index in [0.29, 0.717) is 0 Å². The topological polar surface area (TPSA) is 50.2 Å². The summed E-state index contributed by atoms with van der Waals surface area (Å²) in [5.41, 5.74) is -0.322. The number of pyridine rings is 1. The number of carbonyl (C=O) groups is 1. The SMILES string of the molecule is [2H]c1c(C)nc(C(=O)O)c([2H])c1[2H]. The summed E-state index contributed by atoms with van der Waals surface area (Å²) >= 11 is 0. The normalized spacial score (nSPS) is 13.5. The number of nitrogens with zero attached hydrogens (tertiary/aromatic N) is 1. The van der Waals surface area contributed by atoms with Gasteiger partial charge in [0, 0.05) is 5.69 Å². The van der Waals surface area contributed by atoms with E-state index in [1.54, 1.807) is 0 Å². The summed E-state index contributed by atoms with van der Waals surface area (Å²) in [4.78, 5) is 14.0. The molecule has 1 aromatic rings. The van der Waals surface area contributed by atoms with Crippen LogP contribution in [0.2, 0.25) is 0 Å². The lowest BCUT2D eigenvalue weighted by Crippen LogP contribution is -1.99. The van der Waals surface area contributed by atoms with Crippen LogP contribution in [0, 0.1) is 6.92 Å². The first-order valence-electron chi connectivity index (χ1n) is 4.12. The highest BCUT2D eigenvalue weighted by atomic mass is 16.4. The lowest BCUT2D eigenvalue weighted by Gasteiger charge is -1.92. The van der Waals surface area contributed by atoms with Crippen molar-refractivity contribution in [3.05, 3.63) is 29.5 Å². The summed E-state index contributed by atoms with van der Waals surface area (Å²) in [6, 6.07) is -1.11. The van der Waals surface area contributed by atoms with E-state index in [-0.39, 0.29) is 11.7 Å². The number of carboxylic acids is 1. The van der Waals surface area contributed by atoms with Crippen molar-refractivity contribution in [1.82, 2.24) is 4.98 Å². The fourth-order valence-corrected chi connectivity index (χ4v) is 0.506. The largest absolute Gasteiger partial charge is 0.477 e. The van der Waals surface area contributed by atoms with Crippen LogP contribution >= 0.6 is 0 Å². The second kappa shape index (κ2) is 2.47. The molecule has 1 rings (SSSR count). The molecule has 1 heterocycles. The minimum atomic E-state index is -1.35. The Morgan fingerprint density at radius 3 is 3.10 bits per heavy atom. The van der Waals surface area contributed by atoms with Gasteiger partial charge in [0.1, 0.15) is 5.69 Å². The van der Waals surface area contributed by atoms with Gasteiger partial charge in [-0.2, -0.15) is 0 Å². The van der Waals surface area contributed by atoms with Crippen molar-refractivity contribution >= 4 is 5.97 Å². The Kier molecular flexibility index (Phi) is 0.917. The molecule has 10 heavy (non-hydrogen) atoms. The maximum atomic E-state index is 10.5. The highest BCUT2D eigenvalue weighted by Gasteiger charge is 2.01. The average molecular weight is 140 g/mol. The Bertz CT molecular complexity index is 378. The highest BCUT2D eigenvalue weighted by Crippen LogP contribution is 1.96. The third kappa shape index (κ3) is 1.31. The van der Waals surface area contributed by atoms with Gasteiger partial charge in [0.05, 0.1) is 4.11 Å². The van der Waals surface area contributed by atoms with Crippen molar-refractivity contribution in [1.29, 1.82) is 0 Å². The molecular formula is C7H7NO2. The number of aromatic carboxylic acids is 1. The summed E-state index contributed by atoms with van der Waals surface area (Å²) in [5.74, 6) is -1.35. The third-order valence-corrected chi connectivity index (χ3v) is 0.906. The molecule has 0 atom stereocenters. The molecule has 0 amide bonds. The average Bonchev–Trinajstić information content (AvgIpc) is 2.07. The van der Waals surface area contributed by atoms with E-state index in [1.807, 2.05) is 0 Å². The van der Waals surface area contributed by atoms with Crippen LogP contribution in [0.15, 0.2) is 18.1 Å². The number of rotatable bonds is 1. The molecule has 52 valence electrons. The molecule has 0 spiro atoms. The van der Waals surface area contributed by atoms with E-state index in [9.17, 15) is 4.79 Å². The lowest BCUT2D eigenvalue weighted by molar-refractivity contribution is 0.0690. The summed E-state index contributed by atoms with van der Waals surface area (Å²) in [5, 5.41) is 8.58. The van der Waals surface area contributed by atoms with Crippen molar-refractivity contribution in [2.75, 3.05) is 0 Å². The van der Waals surface area contributed by atoms with Gasteiger partial charge >= 0.3 is 5.97 Å². The van der Waals surface area contributed by atoms with Gasteiger partial charge in [0.2, 0.25) is 0 Å². The molecule has 3 heteroatoms. The second-order valence-corrected chi connectivity index (χ2v) is 1.73. The maximum absolute atomic E-state index is 10.5. The van der Waals surface area contributed by atoms with Crippen LogP contribution < -0.4 is 0 Å². The van der Waals surface area contributed by atoms with Crippen LogP contribution in [0.5, 0.6) is 0 Å². The number of hydrogen-bond donors (Lipinski definition) is 1. The Hall–Kier alpha value is -1.38. The van der Waals surface area contributed by atoms with E-state index in [1.165, 1.54) is 6.92 Å². The minimum Gasteiger partial charge on any atom is -0.477 e. The van der Waals surface area contributed by atoms with Gasteiger partial charge in [0.25, 0.3) is 0 Å². The summed E-state index contributed by atoms with van der Waals surface area (Å²) < 4.78 is 21.7. The quantitative estimate of drug-likeness (QED) is 0.635. The lowest BCUT2D eigenvalue weighted by atomic mass is 10.3. The van der Waals surface area contributed by atoms with Gasteiger partial charge < -0.3 is 5.11 Å². The van der Waals surface area contributed by atoms with Crippen LogP contribution in [0.3, 0.4) is 0 Å². The fraction of sp³-hybridized carbons (Fsp3) is 0.143. The number of aryl methyl sites for hydroxylation is 1. The standard InChI is InChI=1S/C7H7NO2/c1-5-3-2-4-6(8-5)7(9)10/h2-4H,1H3,(H,9,10)/i2D,3D,4D. The van der Waals surface area contributed by atoms with Crippen LogP contribution in [0.25, 0.3) is 0 Å². The Balaban J connectivity index is 3.50. The second-order valence-electron chi connectivity index (χ2n) is 1.73. The Morgan fingerprint density at radius 1 is 1.80 bits per heavy atom. The van der Waals surface area contributed by atoms with Gasteiger partial charge in [-0.3, -0.25) is 0 Å². The summed E-state index contributed by atoms with van der Waals surface area (Å²) in [6.45, 7) is 1.44. The van der Waals surface area contributed by atoms with Gasteiger partial charge in [-0.1, -0.05) is 6.04 Å². The summed E-state index contributed by atoms with van der Waals surface area (Å²) in [6.07, 6.45) is 0. The number of carboxylic acid groups (broad SMARTS) is 1. The molecule has 0 aliphatic heterocycles. The third-order valence-electron chi connectivity index (χ3n) is 0.906. The molecular weight excluding hydrogens is 130 g/mol. The van der Waals surface area contributed by atoms with E-state index in [2.05, 4.69) is 4.98 Å². The van der Waals surface area contributed by atoms with Crippen molar-refractivity contribution in [3.63, 3.8) is 0 Å². The molecule has 0 aromatic carbocycles. The number of aromatic nitrogens is 1. The molecule has 0 fully saturated rings. The molecule has 0 unspecified atom stereocenters. The number of hydrogen-bond acceptors (Lipinski definition) is 2. The first kappa shape index (κ1) is 3.71. The van der Waals surface area contributed by atoms with E-state index >= 15 is 0 Å². The van der Waals surface area contributed by atoms with Crippen LogP contribution in [-0.4, -0.2) is 16.1 Å². The van der Waals surface area contributed by atoms with Gasteiger partial charge in [-0.05, 0) is 19.0 Å². The predicted octanol–water partition coefficient (Wildman–Crippen LogP) is 1.09. The van der Waals surface area contributed by atoms with Gasteiger partial charge in [0.15, 0.2) is 0 Å². The molecule has 1 aromatic heterocycles. The first-order chi connectivity index (χ1) is 5.95. The van der Waals surface area contributed by atoms with Gasteiger partial charge in [-0.25, -0.2) is 9.78 Å². The van der Waals surface area contributed by atoms with E-state index in [4.69, 9.17) is 9.22 Å². The zero-order valence-electron chi connectivity index (χ0n) is 8.30. The van der Waals surface area contributed by atoms with Gasteiger partial charge in [-0.15, -0.1) is 0 Å². The van der Waals surface area contributed by atoms with Crippen LogP contribution in [0.4, 0.5) is 0 Å². The van der Waals surface area contributed by atoms with Crippen molar-refractivity contribution in [2.45, 2.75) is 6.92 Å². The van der Waals surface area contributed by atoms with E-state index in [0.717, 1.165) is 0 Å². The fourth-order valence-electron chi connectivity index (χ4n) is 0.506. The predicted molar refractivity (Wildman–Crippen MR) is 35.9 cm³/mol. The maximum Gasteiger partial charge on any atom is 0.354 e. The Labute approximate surface area is 62.6 Å². The smallest absolute Gasteiger partial charge is 0.354 e. The highest BCUT2D eigenvalue weighted by molar-refractivity contribution is 5.85. The molecule has 0 saturated carbocycles. The van der Waals surface area contributed by atoms with Crippen LogP contribution in [0.1, 0.15) is 20.3 Å². The summed E-state index contributed by atoms with van der Waals surface area (Å²) in [7, 11) is 0. The Morgan fingerprint density at radius 2 is 2.50 bits per heavy atom.